The van der Waals surface area contributed by atoms with Gasteiger partial charge in [-0.3, -0.25) is 10.1 Å². The van der Waals surface area contributed by atoms with Crippen LogP contribution >= 0.6 is 0 Å². The van der Waals surface area contributed by atoms with Crippen molar-refractivity contribution >= 4 is 11.5 Å². The van der Waals surface area contributed by atoms with Gasteiger partial charge in [0, 0.05) is 25.3 Å². The summed E-state index contributed by atoms with van der Waals surface area (Å²) >= 11 is 0. The Balaban J connectivity index is 1.97. The molecule has 0 aromatic carbocycles. The Morgan fingerprint density at radius 1 is 1.30 bits per heavy atom. The molecule has 23 heavy (non-hydrogen) atoms. The fourth-order valence-corrected chi connectivity index (χ4v) is 2.73. The molecule has 0 atom stereocenters. The predicted octanol–water partition coefficient (Wildman–Crippen LogP) is 2.85. The average molecular weight is 318 g/mol. The van der Waals surface area contributed by atoms with Gasteiger partial charge < -0.3 is 14.6 Å². The Labute approximate surface area is 133 Å². The van der Waals surface area contributed by atoms with Crippen LogP contribution in [0.1, 0.15) is 24.3 Å². The molecule has 3 heterocycles. The molecule has 2 aromatic heterocycles. The summed E-state index contributed by atoms with van der Waals surface area (Å²) in [6, 6.07) is 3.21. The van der Waals surface area contributed by atoms with E-state index in [1.54, 1.807) is 13.0 Å². The zero-order chi connectivity index (χ0) is 16.4. The normalized spacial score (nSPS) is 15.6. The number of hydrogen-bond donors (Lipinski definition) is 1. The first-order chi connectivity index (χ1) is 11.1. The van der Waals surface area contributed by atoms with Gasteiger partial charge in [0.05, 0.1) is 21.9 Å². The average Bonchev–Trinajstić information content (AvgIpc) is 2.87. The van der Waals surface area contributed by atoms with Crippen molar-refractivity contribution in [3.05, 3.63) is 33.7 Å². The molecule has 1 aliphatic rings. The van der Waals surface area contributed by atoms with Crippen molar-refractivity contribution in [2.75, 3.05) is 18.5 Å². The summed E-state index contributed by atoms with van der Waals surface area (Å²) in [6.07, 6.45) is 1.60. The Morgan fingerprint density at radius 3 is 2.65 bits per heavy atom. The van der Waals surface area contributed by atoms with Gasteiger partial charge in [0.15, 0.2) is 0 Å². The molecule has 8 nitrogen and oxygen atoms in total. The number of nitrogens with zero attached hydrogens (tertiary/aromatic N) is 3. The third kappa shape index (κ3) is 3.16. The van der Waals surface area contributed by atoms with E-state index in [0.717, 1.165) is 18.4 Å². The maximum Gasteiger partial charge on any atom is 0.311 e. The molecule has 2 aromatic rings. The van der Waals surface area contributed by atoms with Gasteiger partial charge in [-0.25, -0.2) is 4.98 Å². The Hall–Kier alpha value is -2.48. The molecule has 0 unspecified atom stereocenters. The van der Waals surface area contributed by atoms with Gasteiger partial charge in [0.1, 0.15) is 5.76 Å². The second kappa shape index (κ2) is 6.33. The summed E-state index contributed by atoms with van der Waals surface area (Å²) in [5, 5.41) is 18.4. The summed E-state index contributed by atoms with van der Waals surface area (Å²) in [4.78, 5) is 15.3. The summed E-state index contributed by atoms with van der Waals surface area (Å²) in [5.74, 6) is 0.917. The largest absolute Gasteiger partial charge is 0.381 e. The lowest BCUT2D eigenvalue weighted by atomic mass is 10.1. The van der Waals surface area contributed by atoms with Crippen LogP contribution in [0.5, 0.6) is 0 Å². The number of hydrogen-bond acceptors (Lipinski definition) is 7. The number of nitrogens with one attached hydrogen (secondary N) is 1. The van der Waals surface area contributed by atoms with Gasteiger partial charge in [-0.1, -0.05) is 5.16 Å². The van der Waals surface area contributed by atoms with Crippen LogP contribution < -0.4 is 5.32 Å². The minimum Gasteiger partial charge on any atom is -0.381 e. The molecule has 0 saturated carbocycles. The quantitative estimate of drug-likeness (QED) is 0.682. The van der Waals surface area contributed by atoms with Crippen LogP contribution in [0.3, 0.4) is 0 Å². The molecule has 1 saturated heterocycles. The molecule has 1 N–H and O–H groups in total. The summed E-state index contributed by atoms with van der Waals surface area (Å²) < 4.78 is 10.5. The van der Waals surface area contributed by atoms with Gasteiger partial charge in [0.25, 0.3) is 0 Å². The van der Waals surface area contributed by atoms with E-state index in [4.69, 9.17) is 9.26 Å². The van der Waals surface area contributed by atoms with Crippen molar-refractivity contribution in [2.45, 2.75) is 32.7 Å². The van der Waals surface area contributed by atoms with E-state index >= 15 is 0 Å². The molecule has 0 aliphatic carbocycles. The monoisotopic (exact) mass is 318 g/mol. The number of pyridine rings is 1. The Morgan fingerprint density at radius 2 is 2.04 bits per heavy atom. The van der Waals surface area contributed by atoms with Crippen LogP contribution in [0.15, 0.2) is 16.7 Å². The van der Waals surface area contributed by atoms with E-state index in [1.807, 2.05) is 6.92 Å². The van der Waals surface area contributed by atoms with Gasteiger partial charge in [-0.05, 0) is 32.8 Å². The Kier molecular flexibility index (Phi) is 4.24. The van der Waals surface area contributed by atoms with Crippen molar-refractivity contribution < 1.29 is 14.2 Å². The van der Waals surface area contributed by atoms with Crippen molar-refractivity contribution in [3.63, 3.8) is 0 Å². The molecule has 8 heteroatoms. The van der Waals surface area contributed by atoms with Crippen LogP contribution in [-0.4, -0.2) is 34.3 Å². The van der Waals surface area contributed by atoms with Crippen molar-refractivity contribution in [3.8, 4) is 11.3 Å². The van der Waals surface area contributed by atoms with E-state index in [2.05, 4.69) is 15.5 Å². The second-order valence-corrected chi connectivity index (χ2v) is 5.55. The molecule has 1 aliphatic heterocycles. The van der Waals surface area contributed by atoms with Crippen LogP contribution in [0.4, 0.5) is 11.5 Å². The standard InChI is InChI=1S/C15H18N4O4/c1-9-14(10(2)23-18-9)12-3-4-13(19(20)21)15(17-12)16-11-5-7-22-8-6-11/h3-4,11H,5-8H2,1-2H3,(H,16,17). The molecule has 0 spiro atoms. The first kappa shape index (κ1) is 15.4. The van der Waals surface area contributed by atoms with Gasteiger partial charge >= 0.3 is 5.69 Å². The molecule has 0 bridgehead atoms. The van der Waals surface area contributed by atoms with Crippen molar-refractivity contribution in [2.24, 2.45) is 0 Å². The maximum atomic E-state index is 11.3. The lowest BCUT2D eigenvalue weighted by Gasteiger charge is -2.23. The zero-order valence-electron chi connectivity index (χ0n) is 13.0. The van der Waals surface area contributed by atoms with Crippen LogP contribution in [0.2, 0.25) is 0 Å². The number of nitro groups is 1. The van der Waals surface area contributed by atoms with Gasteiger partial charge in [-0.15, -0.1) is 0 Å². The third-order valence-corrected chi connectivity index (χ3v) is 3.92. The molecule has 3 rings (SSSR count). The zero-order valence-corrected chi connectivity index (χ0v) is 13.0. The first-order valence-corrected chi connectivity index (χ1v) is 7.49. The molecular formula is C15H18N4O4. The third-order valence-electron chi connectivity index (χ3n) is 3.92. The van der Waals surface area contributed by atoms with E-state index in [0.29, 0.717) is 30.4 Å². The highest BCUT2D eigenvalue weighted by Gasteiger charge is 2.23. The number of anilines is 1. The highest BCUT2D eigenvalue weighted by atomic mass is 16.6. The molecule has 122 valence electrons. The predicted molar refractivity (Wildman–Crippen MR) is 83.3 cm³/mol. The number of ether oxygens (including phenoxy) is 1. The summed E-state index contributed by atoms with van der Waals surface area (Å²) in [7, 11) is 0. The highest BCUT2D eigenvalue weighted by molar-refractivity contribution is 5.69. The van der Waals surface area contributed by atoms with Crippen LogP contribution in [0, 0.1) is 24.0 Å². The summed E-state index contributed by atoms with van der Waals surface area (Å²) in [6.45, 7) is 4.91. The SMILES string of the molecule is Cc1noc(C)c1-c1ccc([N+](=O)[O-])c(NC2CCOCC2)n1. The number of rotatable bonds is 4. The first-order valence-electron chi connectivity index (χ1n) is 7.49. The lowest BCUT2D eigenvalue weighted by Crippen LogP contribution is -2.28. The minimum absolute atomic E-state index is 0.0352. The molecule has 1 fully saturated rings. The van der Waals surface area contributed by atoms with E-state index in [1.165, 1.54) is 6.07 Å². The molecule has 0 amide bonds. The van der Waals surface area contributed by atoms with Gasteiger partial charge in [-0.2, -0.15) is 0 Å². The number of aromatic nitrogens is 2. The smallest absolute Gasteiger partial charge is 0.311 e. The fourth-order valence-electron chi connectivity index (χ4n) is 2.73. The molecule has 0 radical (unpaired) electrons. The van der Waals surface area contributed by atoms with Crippen LogP contribution in [-0.2, 0) is 4.74 Å². The van der Waals surface area contributed by atoms with E-state index < -0.39 is 4.92 Å². The van der Waals surface area contributed by atoms with E-state index in [-0.39, 0.29) is 17.5 Å². The van der Waals surface area contributed by atoms with Gasteiger partial charge in [0.2, 0.25) is 5.82 Å². The van der Waals surface area contributed by atoms with E-state index in [9.17, 15) is 10.1 Å². The van der Waals surface area contributed by atoms with Crippen molar-refractivity contribution in [1.29, 1.82) is 0 Å². The number of aryl methyl sites for hydroxylation is 2. The van der Waals surface area contributed by atoms with Crippen LogP contribution in [0.25, 0.3) is 11.3 Å². The second-order valence-electron chi connectivity index (χ2n) is 5.55. The maximum absolute atomic E-state index is 11.3. The molecular weight excluding hydrogens is 300 g/mol. The highest BCUT2D eigenvalue weighted by Crippen LogP contribution is 2.31. The summed E-state index contributed by atoms with van der Waals surface area (Å²) in [5.41, 5.74) is 2.06. The Bertz CT molecular complexity index is 703. The lowest BCUT2D eigenvalue weighted by molar-refractivity contribution is -0.384. The topological polar surface area (TPSA) is 103 Å². The fraction of sp³-hybridized carbons (Fsp3) is 0.467. The van der Waals surface area contributed by atoms with Crippen molar-refractivity contribution in [1.82, 2.24) is 10.1 Å². The minimum atomic E-state index is -0.425.